The molecule has 7 nitrogen and oxygen atoms in total. The molecule has 2 aromatic rings. The highest BCUT2D eigenvalue weighted by atomic mass is 79.9. The summed E-state index contributed by atoms with van der Waals surface area (Å²) in [6.45, 7) is 1.60. The molecule has 21 heavy (non-hydrogen) atoms. The number of pyridine rings is 1. The van der Waals surface area contributed by atoms with Crippen molar-refractivity contribution in [2.24, 2.45) is 0 Å². The average molecular weight is 352 g/mol. The standard InChI is InChI=1S/C13H10BrN3O4/c1-7-2-10(14)11(4-12(7)17(20)21)16-13(19)8-3-9(18)6-15-5-8/h2-6,18H,1H3,(H,16,19). The van der Waals surface area contributed by atoms with Crippen molar-refractivity contribution in [1.29, 1.82) is 0 Å². The Morgan fingerprint density at radius 3 is 2.71 bits per heavy atom. The number of hydrogen-bond donors (Lipinski definition) is 2. The van der Waals surface area contributed by atoms with E-state index in [4.69, 9.17) is 0 Å². The first kappa shape index (κ1) is 14.9. The van der Waals surface area contributed by atoms with Gasteiger partial charge in [-0.05, 0) is 35.0 Å². The summed E-state index contributed by atoms with van der Waals surface area (Å²) in [4.78, 5) is 26.1. The van der Waals surface area contributed by atoms with Gasteiger partial charge in [0.05, 0.1) is 22.4 Å². The van der Waals surface area contributed by atoms with E-state index in [1.807, 2.05) is 0 Å². The number of carbonyl (C=O) groups is 1. The van der Waals surface area contributed by atoms with Crippen LogP contribution in [0.15, 0.2) is 35.1 Å². The van der Waals surface area contributed by atoms with Crippen LogP contribution in [-0.4, -0.2) is 20.9 Å². The van der Waals surface area contributed by atoms with E-state index in [1.54, 1.807) is 13.0 Å². The van der Waals surface area contributed by atoms with Gasteiger partial charge in [-0.15, -0.1) is 0 Å². The monoisotopic (exact) mass is 351 g/mol. The van der Waals surface area contributed by atoms with Gasteiger partial charge in [0.1, 0.15) is 5.75 Å². The van der Waals surface area contributed by atoms with Crippen molar-refractivity contribution in [2.45, 2.75) is 6.92 Å². The molecular weight excluding hydrogens is 342 g/mol. The van der Waals surface area contributed by atoms with E-state index in [-0.39, 0.29) is 22.7 Å². The van der Waals surface area contributed by atoms with Crippen molar-refractivity contribution in [3.8, 4) is 5.75 Å². The van der Waals surface area contributed by atoms with Gasteiger partial charge in [0.25, 0.3) is 11.6 Å². The second kappa shape index (κ2) is 5.88. The maximum atomic E-state index is 12.0. The van der Waals surface area contributed by atoms with Crippen molar-refractivity contribution in [1.82, 2.24) is 4.98 Å². The molecule has 0 unspecified atom stereocenters. The Hall–Kier alpha value is -2.48. The number of rotatable bonds is 3. The maximum absolute atomic E-state index is 12.0. The van der Waals surface area contributed by atoms with E-state index in [9.17, 15) is 20.0 Å². The van der Waals surface area contributed by atoms with Crippen LogP contribution < -0.4 is 5.32 Å². The number of nitrogens with one attached hydrogen (secondary N) is 1. The van der Waals surface area contributed by atoms with Crippen molar-refractivity contribution in [2.75, 3.05) is 5.32 Å². The van der Waals surface area contributed by atoms with Crippen LogP contribution in [0.25, 0.3) is 0 Å². The molecule has 2 rings (SSSR count). The summed E-state index contributed by atoms with van der Waals surface area (Å²) in [6.07, 6.45) is 2.48. The SMILES string of the molecule is Cc1cc(Br)c(NC(=O)c2cncc(O)c2)cc1[N+](=O)[O-]. The van der Waals surface area contributed by atoms with E-state index >= 15 is 0 Å². The zero-order valence-electron chi connectivity index (χ0n) is 10.8. The highest BCUT2D eigenvalue weighted by Gasteiger charge is 2.16. The molecule has 0 spiro atoms. The van der Waals surface area contributed by atoms with Crippen LogP contribution >= 0.6 is 15.9 Å². The van der Waals surface area contributed by atoms with Crippen molar-refractivity contribution in [3.63, 3.8) is 0 Å². The van der Waals surface area contributed by atoms with Gasteiger partial charge in [-0.2, -0.15) is 0 Å². The van der Waals surface area contributed by atoms with E-state index in [2.05, 4.69) is 26.2 Å². The van der Waals surface area contributed by atoms with Gasteiger partial charge in [0, 0.05) is 22.3 Å². The van der Waals surface area contributed by atoms with E-state index in [0.717, 1.165) is 0 Å². The summed E-state index contributed by atoms with van der Waals surface area (Å²) in [7, 11) is 0. The Morgan fingerprint density at radius 2 is 2.10 bits per heavy atom. The zero-order chi connectivity index (χ0) is 15.6. The summed E-state index contributed by atoms with van der Waals surface area (Å²) in [6, 6.07) is 4.07. The molecule has 1 heterocycles. The molecule has 0 atom stereocenters. The number of aryl methyl sites for hydroxylation is 1. The van der Waals surface area contributed by atoms with Crippen LogP contribution in [0.5, 0.6) is 5.75 Å². The minimum atomic E-state index is -0.530. The molecule has 0 fully saturated rings. The summed E-state index contributed by atoms with van der Waals surface area (Å²) in [5.41, 5.74) is 0.789. The third-order valence-electron chi connectivity index (χ3n) is 2.72. The fraction of sp³-hybridized carbons (Fsp3) is 0.0769. The van der Waals surface area contributed by atoms with Gasteiger partial charge in [0.15, 0.2) is 0 Å². The number of carbonyl (C=O) groups excluding carboxylic acids is 1. The summed E-state index contributed by atoms with van der Waals surface area (Å²) < 4.78 is 0.520. The quantitative estimate of drug-likeness (QED) is 0.653. The van der Waals surface area contributed by atoms with Crippen LogP contribution in [0, 0.1) is 17.0 Å². The highest BCUT2D eigenvalue weighted by Crippen LogP contribution is 2.31. The highest BCUT2D eigenvalue weighted by molar-refractivity contribution is 9.10. The smallest absolute Gasteiger partial charge is 0.274 e. The van der Waals surface area contributed by atoms with Crippen molar-refractivity contribution >= 4 is 33.2 Å². The Bertz CT molecular complexity index is 733. The van der Waals surface area contributed by atoms with Crippen molar-refractivity contribution in [3.05, 3.63) is 56.3 Å². The van der Waals surface area contributed by atoms with Gasteiger partial charge >= 0.3 is 0 Å². The molecule has 0 aliphatic heterocycles. The van der Waals surface area contributed by atoms with E-state index in [0.29, 0.717) is 10.0 Å². The average Bonchev–Trinajstić information content (AvgIpc) is 2.41. The predicted octanol–water partition coefficient (Wildman–Crippen LogP) is 3.02. The van der Waals surface area contributed by atoms with Crippen LogP contribution in [-0.2, 0) is 0 Å². The number of nitro benzene ring substituents is 1. The molecule has 0 aliphatic carbocycles. The summed E-state index contributed by atoms with van der Waals surface area (Å²) >= 11 is 3.24. The van der Waals surface area contributed by atoms with Crippen LogP contribution in [0.4, 0.5) is 11.4 Å². The molecule has 0 saturated heterocycles. The van der Waals surface area contributed by atoms with E-state index in [1.165, 1.54) is 24.5 Å². The minimum absolute atomic E-state index is 0.0949. The van der Waals surface area contributed by atoms with Gasteiger partial charge in [0.2, 0.25) is 0 Å². The first-order chi connectivity index (χ1) is 9.88. The number of anilines is 1. The lowest BCUT2D eigenvalue weighted by Crippen LogP contribution is -2.13. The van der Waals surface area contributed by atoms with E-state index < -0.39 is 10.8 Å². The molecule has 108 valence electrons. The molecular formula is C13H10BrN3O4. The maximum Gasteiger partial charge on any atom is 0.274 e. The first-order valence-corrected chi connectivity index (χ1v) is 6.57. The number of aromatic hydroxyl groups is 1. The molecule has 1 amide bonds. The van der Waals surface area contributed by atoms with Crippen LogP contribution in [0.1, 0.15) is 15.9 Å². The second-order valence-electron chi connectivity index (χ2n) is 4.26. The Kier molecular flexibility index (Phi) is 4.18. The number of benzene rings is 1. The fourth-order valence-electron chi connectivity index (χ4n) is 1.70. The van der Waals surface area contributed by atoms with Gasteiger partial charge in [-0.25, -0.2) is 0 Å². The molecule has 1 aromatic carbocycles. The molecule has 8 heteroatoms. The van der Waals surface area contributed by atoms with Gasteiger partial charge < -0.3 is 10.4 Å². The third kappa shape index (κ3) is 3.34. The molecule has 1 aromatic heterocycles. The van der Waals surface area contributed by atoms with Gasteiger partial charge in [-0.3, -0.25) is 19.9 Å². The normalized spacial score (nSPS) is 10.2. The lowest BCUT2D eigenvalue weighted by Gasteiger charge is -2.08. The molecule has 2 N–H and O–H groups in total. The predicted molar refractivity (Wildman–Crippen MR) is 79.4 cm³/mol. The topological polar surface area (TPSA) is 105 Å². The molecule has 0 bridgehead atoms. The lowest BCUT2D eigenvalue weighted by molar-refractivity contribution is -0.385. The first-order valence-electron chi connectivity index (χ1n) is 5.78. The minimum Gasteiger partial charge on any atom is -0.506 e. The molecule has 0 radical (unpaired) electrons. The number of amides is 1. The fourth-order valence-corrected chi connectivity index (χ4v) is 2.26. The second-order valence-corrected chi connectivity index (χ2v) is 5.12. The summed E-state index contributed by atoms with van der Waals surface area (Å²) in [5.74, 6) is -0.672. The number of halogens is 1. The third-order valence-corrected chi connectivity index (χ3v) is 3.37. The Labute approximate surface area is 127 Å². The van der Waals surface area contributed by atoms with Crippen LogP contribution in [0.3, 0.4) is 0 Å². The Morgan fingerprint density at radius 1 is 1.38 bits per heavy atom. The molecule has 0 saturated carbocycles. The number of aromatic nitrogens is 1. The number of nitrogens with zero attached hydrogens (tertiary/aromatic N) is 2. The lowest BCUT2D eigenvalue weighted by atomic mass is 10.1. The van der Waals surface area contributed by atoms with Crippen molar-refractivity contribution < 1.29 is 14.8 Å². The summed E-state index contributed by atoms with van der Waals surface area (Å²) in [5, 5.41) is 22.7. The zero-order valence-corrected chi connectivity index (χ0v) is 12.4. The number of hydrogen-bond acceptors (Lipinski definition) is 5. The van der Waals surface area contributed by atoms with Crippen LogP contribution in [0.2, 0.25) is 0 Å². The largest absolute Gasteiger partial charge is 0.506 e. The molecule has 0 aliphatic rings. The Balaban J connectivity index is 2.33. The van der Waals surface area contributed by atoms with Gasteiger partial charge in [-0.1, -0.05) is 0 Å². The number of nitro groups is 1.